The van der Waals surface area contributed by atoms with E-state index in [0.29, 0.717) is 22.8 Å². The van der Waals surface area contributed by atoms with Crippen molar-refractivity contribution in [1.29, 1.82) is 0 Å². The molecule has 0 fully saturated rings. The first-order valence-electron chi connectivity index (χ1n) is 6.40. The van der Waals surface area contributed by atoms with E-state index in [1.54, 1.807) is 19.1 Å². The van der Waals surface area contributed by atoms with Crippen LogP contribution in [0.3, 0.4) is 0 Å². The minimum absolute atomic E-state index is 0.0263. The van der Waals surface area contributed by atoms with E-state index in [-0.39, 0.29) is 12.2 Å². The number of ketones is 1. The van der Waals surface area contributed by atoms with Gasteiger partial charge in [-0.15, -0.1) is 0 Å². The van der Waals surface area contributed by atoms with Crippen LogP contribution in [0.1, 0.15) is 23.7 Å². The number of esters is 1. The van der Waals surface area contributed by atoms with E-state index in [1.165, 1.54) is 28.4 Å². The minimum Gasteiger partial charge on any atom is -0.493 e. The van der Waals surface area contributed by atoms with Gasteiger partial charge < -0.3 is 18.9 Å². The van der Waals surface area contributed by atoms with E-state index in [1.807, 2.05) is 0 Å². The number of carbonyl (C=O) groups excluding carboxylic acids is 2. The van der Waals surface area contributed by atoms with Crippen LogP contribution in [0.25, 0.3) is 0 Å². The average Bonchev–Trinajstić information content (AvgIpc) is 2.51. The van der Waals surface area contributed by atoms with E-state index in [2.05, 4.69) is 4.74 Å². The van der Waals surface area contributed by atoms with Gasteiger partial charge in [0.15, 0.2) is 17.3 Å². The molecule has 0 aliphatic heterocycles. The lowest BCUT2D eigenvalue weighted by Gasteiger charge is -2.16. The molecule has 1 unspecified atom stereocenters. The fraction of sp³-hybridized carbons (Fsp3) is 0.467. The van der Waals surface area contributed by atoms with Crippen LogP contribution in [0.4, 0.5) is 0 Å². The van der Waals surface area contributed by atoms with Crippen LogP contribution < -0.4 is 14.2 Å². The summed E-state index contributed by atoms with van der Waals surface area (Å²) >= 11 is 0. The van der Waals surface area contributed by atoms with Gasteiger partial charge in [0.2, 0.25) is 5.75 Å². The predicted molar refractivity (Wildman–Crippen MR) is 76.2 cm³/mol. The smallest absolute Gasteiger partial charge is 0.308 e. The first-order chi connectivity index (χ1) is 9.99. The molecule has 0 amide bonds. The molecule has 6 heteroatoms. The number of methoxy groups -OCH3 is 4. The largest absolute Gasteiger partial charge is 0.493 e. The zero-order valence-electron chi connectivity index (χ0n) is 12.9. The number of rotatable bonds is 7. The molecule has 0 bridgehead atoms. The van der Waals surface area contributed by atoms with E-state index >= 15 is 0 Å². The van der Waals surface area contributed by atoms with Gasteiger partial charge in [0, 0.05) is 6.42 Å². The zero-order valence-corrected chi connectivity index (χ0v) is 12.9. The topological polar surface area (TPSA) is 71.1 Å². The molecule has 0 aliphatic rings. The van der Waals surface area contributed by atoms with Crippen molar-refractivity contribution in [2.45, 2.75) is 13.3 Å². The number of benzene rings is 1. The second-order valence-electron chi connectivity index (χ2n) is 4.43. The van der Waals surface area contributed by atoms with Crippen molar-refractivity contribution in [2.24, 2.45) is 5.92 Å². The van der Waals surface area contributed by atoms with Gasteiger partial charge in [-0.2, -0.15) is 0 Å². The van der Waals surface area contributed by atoms with Gasteiger partial charge in [0.05, 0.1) is 39.9 Å². The van der Waals surface area contributed by atoms with Crippen LogP contribution in [-0.4, -0.2) is 40.2 Å². The molecule has 0 N–H and O–H groups in total. The Bertz CT molecular complexity index is 523. The van der Waals surface area contributed by atoms with Crippen molar-refractivity contribution in [1.82, 2.24) is 0 Å². The molecule has 116 valence electrons. The standard InChI is InChI=1S/C15H20O6/c1-9(15(17)21-5)8-11(16)10-6-7-12(18-2)14(20-4)13(10)19-3/h6-7,9H,8H2,1-5H3. The highest BCUT2D eigenvalue weighted by atomic mass is 16.5. The van der Waals surface area contributed by atoms with E-state index in [0.717, 1.165) is 0 Å². The molecule has 0 radical (unpaired) electrons. The number of hydrogen-bond donors (Lipinski definition) is 0. The normalized spacial score (nSPS) is 11.5. The van der Waals surface area contributed by atoms with Gasteiger partial charge in [-0.3, -0.25) is 9.59 Å². The maximum atomic E-state index is 12.3. The second kappa shape index (κ2) is 7.52. The first kappa shape index (κ1) is 16.8. The summed E-state index contributed by atoms with van der Waals surface area (Å²) in [6.45, 7) is 1.64. The van der Waals surface area contributed by atoms with Gasteiger partial charge in [-0.25, -0.2) is 0 Å². The quantitative estimate of drug-likeness (QED) is 0.567. The summed E-state index contributed by atoms with van der Waals surface area (Å²) in [4.78, 5) is 23.7. The Balaban J connectivity index is 3.12. The van der Waals surface area contributed by atoms with Crippen molar-refractivity contribution in [3.8, 4) is 17.2 Å². The van der Waals surface area contributed by atoms with E-state index in [4.69, 9.17) is 14.2 Å². The number of Topliss-reactive ketones (excluding diaryl/α,β-unsaturated/α-hetero) is 1. The molecule has 1 rings (SSSR count). The summed E-state index contributed by atoms with van der Waals surface area (Å²) < 4.78 is 20.3. The lowest BCUT2D eigenvalue weighted by atomic mass is 9.98. The van der Waals surface area contributed by atoms with Crippen LogP contribution in [-0.2, 0) is 9.53 Å². The molecule has 1 aromatic rings. The van der Waals surface area contributed by atoms with Crippen LogP contribution >= 0.6 is 0 Å². The summed E-state index contributed by atoms with van der Waals surface area (Å²) in [5.41, 5.74) is 0.339. The Kier molecular flexibility index (Phi) is 6.02. The Morgan fingerprint density at radius 2 is 1.62 bits per heavy atom. The first-order valence-corrected chi connectivity index (χ1v) is 6.40. The molecule has 21 heavy (non-hydrogen) atoms. The average molecular weight is 296 g/mol. The van der Waals surface area contributed by atoms with Crippen molar-refractivity contribution < 1.29 is 28.5 Å². The molecule has 0 aliphatic carbocycles. The van der Waals surface area contributed by atoms with E-state index < -0.39 is 11.9 Å². The molecule has 1 atom stereocenters. The molecule has 1 aromatic carbocycles. The van der Waals surface area contributed by atoms with Gasteiger partial charge in [-0.1, -0.05) is 6.92 Å². The van der Waals surface area contributed by atoms with Gasteiger partial charge in [0.25, 0.3) is 0 Å². The summed E-state index contributed by atoms with van der Waals surface area (Å²) in [6, 6.07) is 3.21. The molecule has 6 nitrogen and oxygen atoms in total. The fourth-order valence-electron chi connectivity index (χ4n) is 1.99. The summed E-state index contributed by atoms with van der Waals surface area (Å²) in [5.74, 6) is -0.0868. The van der Waals surface area contributed by atoms with Crippen LogP contribution in [0.2, 0.25) is 0 Å². The maximum absolute atomic E-state index is 12.3. The molecule has 0 saturated heterocycles. The SMILES string of the molecule is COC(=O)C(C)CC(=O)c1ccc(OC)c(OC)c1OC. The Labute approximate surface area is 123 Å². The Hall–Kier alpha value is -2.24. The highest BCUT2D eigenvalue weighted by molar-refractivity contribution is 6.01. The monoisotopic (exact) mass is 296 g/mol. The lowest BCUT2D eigenvalue weighted by Crippen LogP contribution is -2.17. The predicted octanol–water partition coefficient (Wildman–Crippen LogP) is 2.09. The third-order valence-corrected chi connectivity index (χ3v) is 3.10. The molecule has 0 spiro atoms. The van der Waals surface area contributed by atoms with Crippen LogP contribution in [0.5, 0.6) is 17.2 Å². The highest BCUT2D eigenvalue weighted by Crippen LogP contribution is 2.40. The maximum Gasteiger partial charge on any atom is 0.308 e. The highest BCUT2D eigenvalue weighted by Gasteiger charge is 2.24. The van der Waals surface area contributed by atoms with Crippen molar-refractivity contribution in [3.63, 3.8) is 0 Å². The minimum atomic E-state index is -0.527. The van der Waals surface area contributed by atoms with Gasteiger partial charge in [-0.05, 0) is 12.1 Å². The Morgan fingerprint density at radius 3 is 2.10 bits per heavy atom. The second-order valence-corrected chi connectivity index (χ2v) is 4.43. The number of hydrogen-bond acceptors (Lipinski definition) is 6. The summed E-state index contributed by atoms with van der Waals surface area (Å²) in [5, 5.41) is 0. The zero-order chi connectivity index (χ0) is 16.0. The summed E-state index contributed by atoms with van der Waals surface area (Å²) in [7, 11) is 5.70. The number of carbonyl (C=O) groups is 2. The molecule has 0 aromatic heterocycles. The van der Waals surface area contributed by atoms with Crippen molar-refractivity contribution >= 4 is 11.8 Å². The van der Waals surface area contributed by atoms with Gasteiger partial charge >= 0.3 is 5.97 Å². The summed E-state index contributed by atoms with van der Waals surface area (Å²) in [6.07, 6.45) is 0.0263. The van der Waals surface area contributed by atoms with Crippen molar-refractivity contribution in [3.05, 3.63) is 17.7 Å². The lowest BCUT2D eigenvalue weighted by molar-refractivity contribution is -0.144. The van der Waals surface area contributed by atoms with Crippen molar-refractivity contribution in [2.75, 3.05) is 28.4 Å². The number of ether oxygens (including phenoxy) is 4. The van der Waals surface area contributed by atoms with Gasteiger partial charge in [0.1, 0.15) is 0 Å². The van der Waals surface area contributed by atoms with Crippen LogP contribution in [0.15, 0.2) is 12.1 Å². The Morgan fingerprint density at radius 1 is 1.00 bits per heavy atom. The molecular formula is C15H20O6. The molecular weight excluding hydrogens is 276 g/mol. The third-order valence-electron chi connectivity index (χ3n) is 3.10. The molecule has 0 heterocycles. The fourth-order valence-corrected chi connectivity index (χ4v) is 1.99. The van der Waals surface area contributed by atoms with Crippen LogP contribution in [0, 0.1) is 5.92 Å². The van der Waals surface area contributed by atoms with E-state index in [9.17, 15) is 9.59 Å². The molecule has 0 saturated carbocycles. The third kappa shape index (κ3) is 3.65.